The third-order valence-corrected chi connectivity index (χ3v) is 6.41. The predicted octanol–water partition coefficient (Wildman–Crippen LogP) is 4.97. The van der Waals surface area contributed by atoms with Crippen molar-refractivity contribution in [3.05, 3.63) is 75.2 Å². The number of hydrogen-bond acceptors (Lipinski definition) is 8. The Morgan fingerprint density at radius 3 is 2.80 bits per heavy atom. The van der Waals surface area contributed by atoms with Gasteiger partial charge in [0.15, 0.2) is 11.5 Å². The van der Waals surface area contributed by atoms with E-state index in [0.29, 0.717) is 31.4 Å². The van der Waals surface area contributed by atoms with E-state index in [0.717, 1.165) is 5.56 Å². The lowest BCUT2D eigenvalue weighted by Gasteiger charge is -2.12. The standard InChI is InChI=1S/C21H15NO5S3/c1-25-16-10-13(6-7-15(16)27-20(24)17-5-3-9-29-17)11-18-19(23)22(21(28)30-18)12-14-4-2-8-26-14/h2-11H,12H2,1H3. The van der Waals surface area contributed by atoms with E-state index in [1.807, 2.05) is 0 Å². The molecule has 6 nitrogen and oxygen atoms in total. The number of ether oxygens (including phenoxy) is 2. The second-order valence-corrected chi connectivity index (χ2v) is 8.75. The third kappa shape index (κ3) is 4.33. The van der Waals surface area contributed by atoms with Crippen LogP contribution in [-0.4, -0.2) is 28.2 Å². The number of carbonyl (C=O) groups excluding carboxylic acids is 2. The molecule has 3 heterocycles. The summed E-state index contributed by atoms with van der Waals surface area (Å²) in [7, 11) is 1.49. The van der Waals surface area contributed by atoms with Gasteiger partial charge in [-0.05, 0) is 47.4 Å². The Kier molecular flexibility index (Phi) is 6.03. The molecule has 0 atom stereocenters. The van der Waals surface area contributed by atoms with Gasteiger partial charge in [0.1, 0.15) is 15.0 Å². The van der Waals surface area contributed by atoms with Gasteiger partial charge in [-0.1, -0.05) is 36.1 Å². The van der Waals surface area contributed by atoms with Crippen LogP contribution in [0.1, 0.15) is 21.0 Å². The lowest BCUT2D eigenvalue weighted by atomic mass is 10.2. The van der Waals surface area contributed by atoms with E-state index in [9.17, 15) is 9.59 Å². The van der Waals surface area contributed by atoms with E-state index >= 15 is 0 Å². The van der Waals surface area contributed by atoms with Gasteiger partial charge in [-0.25, -0.2) is 4.79 Å². The first-order chi connectivity index (χ1) is 14.5. The molecule has 1 aliphatic heterocycles. The minimum absolute atomic E-state index is 0.187. The highest BCUT2D eigenvalue weighted by Gasteiger charge is 2.32. The van der Waals surface area contributed by atoms with E-state index < -0.39 is 5.97 Å². The van der Waals surface area contributed by atoms with Crippen molar-refractivity contribution >= 4 is 57.6 Å². The Balaban J connectivity index is 1.52. The molecule has 1 amide bonds. The zero-order valence-corrected chi connectivity index (χ0v) is 18.1. The van der Waals surface area contributed by atoms with Gasteiger partial charge in [0.25, 0.3) is 5.91 Å². The number of thiocarbonyl (C=S) groups is 1. The van der Waals surface area contributed by atoms with Crippen LogP contribution >= 0.6 is 35.3 Å². The fourth-order valence-corrected chi connectivity index (χ4v) is 4.60. The maximum atomic E-state index is 12.8. The van der Waals surface area contributed by atoms with Crippen molar-refractivity contribution in [2.75, 3.05) is 7.11 Å². The molecule has 0 unspecified atom stereocenters. The van der Waals surface area contributed by atoms with E-state index in [4.69, 9.17) is 26.1 Å². The zero-order chi connectivity index (χ0) is 21.1. The van der Waals surface area contributed by atoms with Crippen molar-refractivity contribution in [3.63, 3.8) is 0 Å². The van der Waals surface area contributed by atoms with Crippen LogP contribution in [0.25, 0.3) is 6.08 Å². The molecule has 152 valence electrons. The number of benzene rings is 1. The highest BCUT2D eigenvalue weighted by atomic mass is 32.2. The Labute approximate surface area is 186 Å². The number of thiophene rings is 1. The maximum absolute atomic E-state index is 12.8. The van der Waals surface area contributed by atoms with Crippen LogP contribution in [-0.2, 0) is 11.3 Å². The van der Waals surface area contributed by atoms with Crippen molar-refractivity contribution in [1.82, 2.24) is 4.90 Å². The van der Waals surface area contributed by atoms with Crippen LogP contribution in [0.5, 0.6) is 11.5 Å². The number of hydrogen-bond donors (Lipinski definition) is 0. The van der Waals surface area contributed by atoms with Crippen molar-refractivity contribution in [1.29, 1.82) is 0 Å². The Morgan fingerprint density at radius 1 is 1.23 bits per heavy atom. The van der Waals surface area contributed by atoms with Crippen molar-refractivity contribution in [3.8, 4) is 11.5 Å². The number of carbonyl (C=O) groups is 2. The number of amides is 1. The normalized spacial score (nSPS) is 15.1. The smallest absolute Gasteiger partial charge is 0.353 e. The van der Waals surface area contributed by atoms with Gasteiger partial charge in [0, 0.05) is 0 Å². The molecule has 1 saturated heterocycles. The van der Waals surface area contributed by atoms with Crippen LogP contribution in [0.2, 0.25) is 0 Å². The second kappa shape index (κ2) is 8.86. The predicted molar refractivity (Wildman–Crippen MR) is 120 cm³/mol. The number of methoxy groups -OCH3 is 1. The summed E-state index contributed by atoms with van der Waals surface area (Å²) in [6.45, 7) is 0.288. The number of rotatable bonds is 6. The summed E-state index contributed by atoms with van der Waals surface area (Å²) in [4.78, 5) is 27.4. The average Bonchev–Trinajstić information content (AvgIpc) is 3.49. The van der Waals surface area contributed by atoms with Gasteiger partial charge in [-0.15, -0.1) is 11.3 Å². The van der Waals surface area contributed by atoms with Gasteiger partial charge in [0.2, 0.25) is 0 Å². The molecular weight excluding hydrogens is 442 g/mol. The summed E-state index contributed by atoms with van der Waals surface area (Å²) >= 11 is 7.87. The molecule has 3 aromatic rings. The van der Waals surface area contributed by atoms with Crippen molar-refractivity contribution in [2.24, 2.45) is 0 Å². The summed E-state index contributed by atoms with van der Waals surface area (Å²) in [5.41, 5.74) is 0.723. The first-order valence-electron chi connectivity index (χ1n) is 8.76. The topological polar surface area (TPSA) is 69.0 Å². The lowest BCUT2D eigenvalue weighted by Crippen LogP contribution is -2.27. The molecule has 0 radical (unpaired) electrons. The van der Waals surface area contributed by atoms with E-state index in [1.54, 1.807) is 60.2 Å². The molecule has 1 aliphatic rings. The minimum Gasteiger partial charge on any atom is -0.493 e. The fraction of sp³-hybridized carbons (Fsp3) is 0.0952. The molecular formula is C21H15NO5S3. The van der Waals surface area contributed by atoms with Gasteiger partial charge in [-0.2, -0.15) is 0 Å². The number of esters is 1. The zero-order valence-electron chi connectivity index (χ0n) is 15.7. The first kappa shape index (κ1) is 20.4. The minimum atomic E-state index is -0.449. The van der Waals surface area contributed by atoms with E-state index in [-0.39, 0.29) is 12.5 Å². The molecule has 2 aromatic heterocycles. The van der Waals surface area contributed by atoms with Gasteiger partial charge in [0.05, 0.1) is 24.8 Å². The lowest BCUT2D eigenvalue weighted by molar-refractivity contribution is -0.122. The van der Waals surface area contributed by atoms with Crippen molar-refractivity contribution < 1.29 is 23.5 Å². The Morgan fingerprint density at radius 2 is 2.10 bits per heavy atom. The van der Waals surface area contributed by atoms with Crippen LogP contribution in [0.15, 0.2) is 63.4 Å². The number of nitrogens with zero attached hydrogens (tertiary/aromatic N) is 1. The van der Waals surface area contributed by atoms with Gasteiger partial charge >= 0.3 is 5.97 Å². The summed E-state index contributed by atoms with van der Waals surface area (Å²) in [6.07, 6.45) is 3.29. The summed E-state index contributed by atoms with van der Waals surface area (Å²) in [6, 6.07) is 12.1. The average molecular weight is 458 g/mol. The highest BCUT2D eigenvalue weighted by Crippen LogP contribution is 2.35. The molecule has 1 fully saturated rings. The fourth-order valence-electron chi connectivity index (χ4n) is 2.75. The Bertz CT molecular complexity index is 1120. The van der Waals surface area contributed by atoms with Crippen LogP contribution in [0, 0.1) is 0 Å². The largest absolute Gasteiger partial charge is 0.493 e. The summed E-state index contributed by atoms with van der Waals surface area (Å²) < 4.78 is 16.6. The van der Waals surface area contributed by atoms with Gasteiger partial charge < -0.3 is 13.9 Å². The molecule has 0 bridgehead atoms. The SMILES string of the molecule is COc1cc(C=C2SC(=S)N(Cc3ccco3)C2=O)ccc1OC(=O)c1cccs1. The Hall–Kier alpha value is -2.88. The summed E-state index contributed by atoms with van der Waals surface area (Å²) in [5, 5.41) is 1.80. The maximum Gasteiger partial charge on any atom is 0.353 e. The monoisotopic (exact) mass is 457 g/mol. The number of furan rings is 1. The summed E-state index contributed by atoms with van der Waals surface area (Å²) in [5.74, 6) is 0.715. The molecule has 30 heavy (non-hydrogen) atoms. The number of thioether (sulfide) groups is 1. The van der Waals surface area contributed by atoms with Crippen LogP contribution in [0.3, 0.4) is 0 Å². The molecule has 4 rings (SSSR count). The van der Waals surface area contributed by atoms with Crippen LogP contribution in [0.4, 0.5) is 0 Å². The van der Waals surface area contributed by atoms with Crippen molar-refractivity contribution in [2.45, 2.75) is 6.54 Å². The third-order valence-electron chi connectivity index (χ3n) is 4.18. The second-order valence-electron chi connectivity index (χ2n) is 6.12. The van der Waals surface area contributed by atoms with E-state index in [1.165, 1.54) is 35.1 Å². The van der Waals surface area contributed by atoms with Crippen LogP contribution < -0.4 is 9.47 Å². The molecule has 0 saturated carbocycles. The molecule has 0 N–H and O–H groups in total. The molecule has 0 spiro atoms. The quantitative estimate of drug-likeness (QED) is 0.224. The highest BCUT2D eigenvalue weighted by molar-refractivity contribution is 8.26. The first-order valence-corrected chi connectivity index (χ1v) is 10.9. The molecule has 1 aromatic carbocycles. The molecule has 0 aliphatic carbocycles. The molecule has 9 heteroatoms. The van der Waals surface area contributed by atoms with E-state index in [2.05, 4.69) is 0 Å². The van der Waals surface area contributed by atoms with Gasteiger partial charge in [-0.3, -0.25) is 9.69 Å².